The Balaban J connectivity index is 2.45. The molecule has 1 aromatic rings. The maximum atomic E-state index is 5.21. The molecule has 1 heterocycles. The van der Waals surface area contributed by atoms with Crippen LogP contribution in [0.25, 0.3) is 5.57 Å². The zero-order chi connectivity index (χ0) is 11.8. The van der Waals surface area contributed by atoms with Gasteiger partial charge in [-0.15, -0.1) is 0 Å². The minimum Gasteiger partial charge on any atom is -0.454 e. The highest BCUT2D eigenvalue weighted by Gasteiger charge is 2.22. The lowest BCUT2D eigenvalue weighted by Crippen LogP contribution is -2.31. The standard InChI is InChI=1S/C13H15NOS/c1-9-7-13(2,3)14-12-5-4-10(15-8-16)6-11(9)12/h4-8,14H,1-3H3. The first kappa shape index (κ1) is 11.1. The summed E-state index contributed by atoms with van der Waals surface area (Å²) in [6.07, 6.45) is 2.22. The van der Waals surface area contributed by atoms with E-state index in [0.29, 0.717) is 0 Å². The van der Waals surface area contributed by atoms with Crippen LogP contribution in [0, 0.1) is 0 Å². The number of rotatable bonds is 2. The van der Waals surface area contributed by atoms with Crippen LogP contribution >= 0.6 is 12.2 Å². The summed E-state index contributed by atoms with van der Waals surface area (Å²) in [7, 11) is 0. The summed E-state index contributed by atoms with van der Waals surface area (Å²) in [5.74, 6) is 0.781. The maximum Gasteiger partial charge on any atom is 0.154 e. The van der Waals surface area contributed by atoms with Gasteiger partial charge >= 0.3 is 0 Å². The monoisotopic (exact) mass is 233 g/mol. The number of benzene rings is 1. The molecule has 0 bridgehead atoms. The molecule has 0 amide bonds. The van der Waals surface area contributed by atoms with Crippen LogP contribution in [-0.4, -0.2) is 11.1 Å². The lowest BCUT2D eigenvalue weighted by molar-refractivity contribution is 0.585. The Morgan fingerprint density at radius 1 is 1.38 bits per heavy atom. The summed E-state index contributed by atoms with van der Waals surface area (Å²) in [4.78, 5) is 0. The molecule has 1 aliphatic rings. The highest BCUT2D eigenvalue weighted by Crippen LogP contribution is 2.35. The number of anilines is 1. The Morgan fingerprint density at radius 2 is 2.12 bits per heavy atom. The molecule has 0 spiro atoms. The van der Waals surface area contributed by atoms with Crippen molar-refractivity contribution in [2.75, 3.05) is 5.32 Å². The largest absolute Gasteiger partial charge is 0.454 e. The minimum atomic E-state index is 0.00357. The van der Waals surface area contributed by atoms with Gasteiger partial charge in [0.1, 0.15) is 5.75 Å². The number of fused-ring (bicyclic) bond motifs is 1. The third-order valence-corrected chi connectivity index (χ3v) is 2.73. The Hall–Kier alpha value is -1.35. The fraction of sp³-hybridized carbons (Fsp3) is 0.308. The number of nitrogens with one attached hydrogen (secondary N) is 1. The number of thiocarbonyl (C=S) groups is 1. The molecule has 1 N–H and O–H groups in total. The molecule has 0 atom stereocenters. The van der Waals surface area contributed by atoms with E-state index < -0.39 is 0 Å². The molecule has 0 saturated carbocycles. The second-order valence-corrected chi connectivity index (χ2v) is 4.79. The van der Waals surface area contributed by atoms with Crippen molar-refractivity contribution in [2.24, 2.45) is 0 Å². The molecular formula is C13H15NOS. The van der Waals surface area contributed by atoms with Crippen molar-refractivity contribution >= 4 is 29.0 Å². The minimum absolute atomic E-state index is 0.00357. The summed E-state index contributed by atoms with van der Waals surface area (Å²) < 4.78 is 5.21. The van der Waals surface area contributed by atoms with Gasteiger partial charge in [0.2, 0.25) is 0 Å². The molecule has 1 aromatic carbocycles. The molecule has 3 heteroatoms. The van der Waals surface area contributed by atoms with Crippen molar-refractivity contribution in [3.63, 3.8) is 0 Å². The Labute approximate surface area is 101 Å². The fourth-order valence-electron chi connectivity index (χ4n) is 2.09. The molecule has 0 aromatic heterocycles. The van der Waals surface area contributed by atoms with Gasteiger partial charge in [0, 0.05) is 11.3 Å². The molecule has 1 aliphatic heterocycles. The normalized spacial score (nSPS) is 16.8. The molecule has 16 heavy (non-hydrogen) atoms. The van der Waals surface area contributed by atoms with E-state index in [0.717, 1.165) is 11.4 Å². The van der Waals surface area contributed by atoms with Gasteiger partial charge in [0.05, 0.1) is 5.54 Å². The quantitative estimate of drug-likeness (QED) is 0.788. The van der Waals surface area contributed by atoms with Crippen molar-refractivity contribution in [2.45, 2.75) is 26.3 Å². The van der Waals surface area contributed by atoms with Gasteiger partial charge in [-0.1, -0.05) is 6.08 Å². The predicted molar refractivity (Wildman–Crippen MR) is 72.1 cm³/mol. The van der Waals surface area contributed by atoms with Crippen LogP contribution in [-0.2, 0) is 0 Å². The van der Waals surface area contributed by atoms with Crippen molar-refractivity contribution in [3.8, 4) is 5.75 Å². The number of hydrogen-bond acceptors (Lipinski definition) is 3. The van der Waals surface area contributed by atoms with E-state index in [9.17, 15) is 0 Å². The Kier molecular flexibility index (Phi) is 2.72. The first-order chi connectivity index (χ1) is 7.52. The SMILES string of the molecule is CC1=CC(C)(C)Nc2ccc(OC=S)cc21. The topological polar surface area (TPSA) is 21.3 Å². The molecule has 0 aliphatic carbocycles. The van der Waals surface area contributed by atoms with E-state index in [-0.39, 0.29) is 5.54 Å². The zero-order valence-corrected chi connectivity index (χ0v) is 10.5. The van der Waals surface area contributed by atoms with Crippen LogP contribution in [0.3, 0.4) is 0 Å². The van der Waals surface area contributed by atoms with Gasteiger partial charge in [0.15, 0.2) is 5.55 Å². The van der Waals surface area contributed by atoms with Gasteiger partial charge < -0.3 is 10.1 Å². The van der Waals surface area contributed by atoms with Crippen molar-refractivity contribution in [1.29, 1.82) is 0 Å². The summed E-state index contributed by atoms with van der Waals surface area (Å²) >= 11 is 4.68. The van der Waals surface area contributed by atoms with Gasteiger partial charge in [0.25, 0.3) is 0 Å². The van der Waals surface area contributed by atoms with E-state index in [4.69, 9.17) is 4.74 Å². The fourth-order valence-corrected chi connectivity index (χ4v) is 2.20. The lowest BCUT2D eigenvalue weighted by atomic mass is 9.91. The third-order valence-electron chi connectivity index (χ3n) is 2.63. The van der Waals surface area contributed by atoms with Crippen LogP contribution in [0.1, 0.15) is 26.3 Å². The average molecular weight is 233 g/mol. The van der Waals surface area contributed by atoms with E-state index in [2.05, 4.69) is 44.4 Å². The summed E-state index contributed by atoms with van der Waals surface area (Å²) in [5, 5.41) is 3.47. The Bertz CT molecular complexity index is 463. The van der Waals surface area contributed by atoms with E-state index in [1.165, 1.54) is 16.7 Å². The van der Waals surface area contributed by atoms with Crippen LogP contribution in [0.2, 0.25) is 0 Å². The summed E-state index contributed by atoms with van der Waals surface area (Å²) in [5.41, 5.74) is 4.86. The average Bonchev–Trinajstić information content (AvgIpc) is 2.18. The van der Waals surface area contributed by atoms with Gasteiger partial charge in [-0.05, 0) is 56.8 Å². The van der Waals surface area contributed by atoms with Crippen LogP contribution in [0.4, 0.5) is 5.69 Å². The second kappa shape index (κ2) is 3.91. The molecule has 0 saturated heterocycles. The van der Waals surface area contributed by atoms with Crippen molar-refractivity contribution < 1.29 is 4.74 Å². The van der Waals surface area contributed by atoms with E-state index in [1.807, 2.05) is 18.2 Å². The predicted octanol–water partition coefficient (Wildman–Crippen LogP) is 3.63. The first-order valence-electron chi connectivity index (χ1n) is 5.24. The first-order valence-corrected chi connectivity index (χ1v) is 5.71. The van der Waals surface area contributed by atoms with Crippen LogP contribution < -0.4 is 10.1 Å². The lowest BCUT2D eigenvalue weighted by Gasteiger charge is -2.31. The smallest absolute Gasteiger partial charge is 0.154 e. The molecule has 0 unspecified atom stereocenters. The summed E-state index contributed by atoms with van der Waals surface area (Å²) in [6.45, 7) is 6.42. The van der Waals surface area contributed by atoms with Gasteiger partial charge in [-0.2, -0.15) is 0 Å². The van der Waals surface area contributed by atoms with Gasteiger partial charge in [-0.25, -0.2) is 0 Å². The molecular weight excluding hydrogens is 218 g/mol. The third kappa shape index (κ3) is 2.09. The number of hydrogen-bond donors (Lipinski definition) is 1. The Morgan fingerprint density at radius 3 is 2.81 bits per heavy atom. The van der Waals surface area contributed by atoms with E-state index >= 15 is 0 Å². The highest BCUT2D eigenvalue weighted by molar-refractivity contribution is 7.78. The van der Waals surface area contributed by atoms with Gasteiger partial charge in [-0.3, -0.25) is 0 Å². The molecule has 0 fully saturated rings. The molecule has 2 rings (SSSR count). The second-order valence-electron chi connectivity index (χ2n) is 4.60. The van der Waals surface area contributed by atoms with Crippen molar-refractivity contribution in [1.82, 2.24) is 0 Å². The van der Waals surface area contributed by atoms with Crippen molar-refractivity contribution in [3.05, 3.63) is 29.8 Å². The highest BCUT2D eigenvalue weighted by atomic mass is 32.1. The van der Waals surface area contributed by atoms with Crippen LogP contribution in [0.5, 0.6) is 5.75 Å². The zero-order valence-electron chi connectivity index (χ0n) is 9.70. The number of ether oxygens (including phenoxy) is 1. The van der Waals surface area contributed by atoms with Crippen LogP contribution in [0.15, 0.2) is 24.3 Å². The molecule has 0 radical (unpaired) electrons. The van der Waals surface area contributed by atoms with E-state index in [1.54, 1.807) is 0 Å². The maximum absolute atomic E-state index is 5.21. The summed E-state index contributed by atoms with van der Waals surface area (Å²) in [6, 6.07) is 5.96. The number of allylic oxidation sites excluding steroid dienone is 1. The molecule has 84 valence electrons. The molecule has 2 nitrogen and oxygen atoms in total.